The van der Waals surface area contributed by atoms with Gasteiger partial charge in [-0.15, -0.1) is 24.0 Å². The van der Waals surface area contributed by atoms with Crippen molar-refractivity contribution in [3.05, 3.63) is 65.5 Å². The molecule has 1 saturated carbocycles. The van der Waals surface area contributed by atoms with Gasteiger partial charge >= 0.3 is 0 Å². The van der Waals surface area contributed by atoms with Gasteiger partial charge in [-0.2, -0.15) is 0 Å². The minimum Gasteiger partial charge on any atom is -0.356 e. The highest BCUT2D eigenvalue weighted by Crippen LogP contribution is 2.48. The third-order valence-corrected chi connectivity index (χ3v) is 7.72. The van der Waals surface area contributed by atoms with E-state index in [1.807, 2.05) is 36.4 Å². The van der Waals surface area contributed by atoms with Gasteiger partial charge in [-0.25, -0.2) is 12.8 Å². The number of fused-ring (bicyclic) bond motifs is 1. The fourth-order valence-electron chi connectivity index (χ4n) is 4.06. The van der Waals surface area contributed by atoms with Crippen LogP contribution in [0.2, 0.25) is 0 Å². The third kappa shape index (κ3) is 5.14. The molecular weight excluding hydrogens is 530 g/mol. The van der Waals surface area contributed by atoms with Crippen LogP contribution >= 0.6 is 24.0 Å². The Bertz CT molecular complexity index is 1060. The molecule has 0 radical (unpaired) electrons. The summed E-state index contributed by atoms with van der Waals surface area (Å²) < 4.78 is 41.3. The second-order valence-electron chi connectivity index (χ2n) is 7.88. The first-order valence-corrected chi connectivity index (χ1v) is 11.8. The SMILES string of the molecule is CN=C(NCCS(=O)(=O)N1CCc2ccccc21)NCC1(c2ccccc2F)CC1.I. The van der Waals surface area contributed by atoms with Crippen LogP contribution in [0.5, 0.6) is 0 Å². The lowest BCUT2D eigenvalue weighted by Crippen LogP contribution is -2.44. The maximum atomic E-state index is 14.2. The van der Waals surface area contributed by atoms with E-state index in [4.69, 9.17) is 0 Å². The van der Waals surface area contributed by atoms with Gasteiger partial charge in [-0.3, -0.25) is 9.30 Å². The van der Waals surface area contributed by atoms with E-state index < -0.39 is 10.0 Å². The zero-order valence-electron chi connectivity index (χ0n) is 17.5. The highest BCUT2D eigenvalue weighted by molar-refractivity contribution is 14.0. The lowest BCUT2D eigenvalue weighted by molar-refractivity contribution is 0.559. The summed E-state index contributed by atoms with van der Waals surface area (Å²) in [6.07, 6.45) is 2.57. The van der Waals surface area contributed by atoms with E-state index in [0.29, 0.717) is 19.0 Å². The van der Waals surface area contributed by atoms with Crippen LogP contribution in [0.3, 0.4) is 0 Å². The third-order valence-electron chi connectivity index (χ3n) is 5.95. The molecule has 168 valence electrons. The summed E-state index contributed by atoms with van der Waals surface area (Å²) in [4.78, 5) is 4.18. The lowest BCUT2D eigenvalue weighted by atomic mass is 9.95. The highest BCUT2D eigenvalue weighted by Gasteiger charge is 2.45. The smallest absolute Gasteiger partial charge is 0.236 e. The van der Waals surface area contributed by atoms with Crippen LogP contribution in [-0.4, -0.2) is 46.8 Å². The van der Waals surface area contributed by atoms with Crippen LogP contribution in [0.25, 0.3) is 0 Å². The Kier molecular flexibility index (Phi) is 7.46. The predicted octanol–water partition coefficient (Wildman–Crippen LogP) is 3.03. The van der Waals surface area contributed by atoms with Crippen molar-refractivity contribution in [2.75, 3.05) is 36.7 Å². The van der Waals surface area contributed by atoms with Crippen LogP contribution in [0.15, 0.2) is 53.5 Å². The largest absolute Gasteiger partial charge is 0.356 e. The molecule has 0 amide bonds. The Balaban J connectivity index is 0.00000272. The molecule has 0 atom stereocenters. The molecule has 0 spiro atoms. The quantitative estimate of drug-likeness (QED) is 0.312. The fourth-order valence-corrected chi connectivity index (χ4v) is 5.49. The Labute approximate surface area is 200 Å². The number of aliphatic imine (C=N–C) groups is 1. The van der Waals surface area contributed by atoms with E-state index in [1.165, 1.54) is 10.4 Å². The minimum atomic E-state index is -3.42. The molecule has 1 fully saturated rings. The molecule has 0 unspecified atom stereocenters. The number of nitrogens with one attached hydrogen (secondary N) is 2. The molecule has 2 aromatic carbocycles. The van der Waals surface area contributed by atoms with Crippen molar-refractivity contribution in [1.82, 2.24) is 10.6 Å². The number of anilines is 1. The van der Waals surface area contributed by atoms with Gasteiger partial charge in [0, 0.05) is 32.1 Å². The normalized spacial score (nSPS) is 17.0. The van der Waals surface area contributed by atoms with E-state index >= 15 is 0 Å². The van der Waals surface area contributed by atoms with Crippen LogP contribution in [0, 0.1) is 5.82 Å². The van der Waals surface area contributed by atoms with Crippen molar-refractivity contribution in [3.8, 4) is 0 Å². The van der Waals surface area contributed by atoms with Gasteiger partial charge in [0.25, 0.3) is 0 Å². The molecular formula is C22H28FIN4O2S. The number of guanidine groups is 1. The first-order valence-electron chi connectivity index (χ1n) is 10.2. The zero-order chi connectivity index (χ0) is 21.2. The summed E-state index contributed by atoms with van der Waals surface area (Å²) in [5.41, 5.74) is 2.35. The van der Waals surface area contributed by atoms with Crippen LogP contribution in [0.1, 0.15) is 24.0 Å². The lowest BCUT2D eigenvalue weighted by Gasteiger charge is -2.21. The summed E-state index contributed by atoms with van der Waals surface area (Å²) in [5.74, 6) is 0.312. The van der Waals surface area contributed by atoms with Gasteiger partial charge in [-0.05, 0) is 42.5 Å². The average Bonchev–Trinajstić information content (AvgIpc) is 3.39. The summed E-state index contributed by atoms with van der Waals surface area (Å²) in [6.45, 7) is 1.28. The summed E-state index contributed by atoms with van der Waals surface area (Å²) in [5, 5.41) is 6.31. The molecule has 0 aromatic heterocycles. The molecule has 6 nitrogen and oxygen atoms in total. The number of benzene rings is 2. The fraction of sp³-hybridized carbons (Fsp3) is 0.409. The van der Waals surface area contributed by atoms with E-state index in [1.54, 1.807) is 13.1 Å². The average molecular weight is 558 g/mol. The highest BCUT2D eigenvalue weighted by atomic mass is 127. The van der Waals surface area contributed by atoms with Crippen molar-refractivity contribution < 1.29 is 12.8 Å². The van der Waals surface area contributed by atoms with Gasteiger partial charge in [-0.1, -0.05) is 36.4 Å². The number of para-hydroxylation sites is 1. The number of sulfonamides is 1. The predicted molar refractivity (Wildman–Crippen MR) is 133 cm³/mol. The number of nitrogens with zero attached hydrogens (tertiary/aromatic N) is 2. The number of halogens is 2. The van der Waals surface area contributed by atoms with Crippen LogP contribution < -0.4 is 14.9 Å². The van der Waals surface area contributed by atoms with Crippen molar-refractivity contribution >= 4 is 45.6 Å². The van der Waals surface area contributed by atoms with Crippen molar-refractivity contribution in [1.29, 1.82) is 0 Å². The molecule has 9 heteroatoms. The summed E-state index contributed by atoms with van der Waals surface area (Å²) >= 11 is 0. The second kappa shape index (κ2) is 9.72. The molecule has 0 bridgehead atoms. The van der Waals surface area contributed by atoms with Gasteiger partial charge in [0.2, 0.25) is 10.0 Å². The Morgan fingerprint density at radius 2 is 1.84 bits per heavy atom. The van der Waals surface area contributed by atoms with Gasteiger partial charge in [0.15, 0.2) is 5.96 Å². The summed E-state index contributed by atoms with van der Waals surface area (Å²) in [6, 6.07) is 14.5. The monoisotopic (exact) mass is 558 g/mol. The first-order chi connectivity index (χ1) is 14.5. The van der Waals surface area contributed by atoms with Crippen LogP contribution in [-0.2, 0) is 21.9 Å². The molecule has 1 aliphatic heterocycles. The van der Waals surface area contributed by atoms with Gasteiger partial charge in [0.1, 0.15) is 5.82 Å². The zero-order valence-corrected chi connectivity index (χ0v) is 20.6. The molecule has 2 aliphatic rings. The molecule has 2 N–H and O–H groups in total. The van der Waals surface area contributed by atoms with E-state index in [-0.39, 0.29) is 47.5 Å². The molecule has 4 rings (SSSR count). The Morgan fingerprint density at radius 1 is 1.13 bits per heavy atom. The van der Waals surface area contributed by atoms with Crippen molar-refractivity contribution in [2.45, 2.75) is 24.7 Å². The number of hydrogen-bond donors (Lipinski definition) is 2. The standard InChI is InChI=1S/C22H27FN4O2S.HI/c1-24-21(26-16-22(11-12-22)18-7-3-4-8-19(18)23)25-13-15-30(28,29)27-14-10-17-6-2-5-9-20(17)27;/h2-9H,10-16H2,1H3,(H2,24,25,26);1H. The van der Waals surface area contributed by atoms with Crippen molar-refractivity contribution in [2.24, 2.45) is 4.99 Å². The van der Waals surface area contributed by atoms with Gasteiger partial charge in [0.05, 0.1) is 11.4 Å². The molecule has 0 saturated heterocycles. The molecule has 2 aromatic rings. The number of hydrogen-bond acceptors (Lipinski definition) is 3. The van der Waals surface area contributed by atoms with Gasteiger partial charge < -0.3 is 10.6 Å². The van der Waals surface area contributed by atoms with Crippen molar-refractivity contribution in [3.63, 3.8) is 0 Å². The van der Waals surface area contributed by atoms with E-state index in [0.717, 1.165) is 36.1 Å². The molecule has 31 heavy (non-hydrogen) atoms. The summed E-state index contributed by atoms with van der Waals surface area (Å²) in [7, 11) is -1.78. The molecule has 1 aliphatic carbocycles. The van der Waals surface area contributed by atoms with E-state index in [9.17, 15) is 12.8 Å². The topological polar surface area (TPSA) is 73.8 Å². The number of rotatable bonds is 7. The second-order valence-corrected chi connectivity index (χ2v) is 9.89. The maximum Gasteiger partial charge on any atom is 0.236 e. The van der Waals surface area contributed by atoms with Crippen LogP contribution in [0.4, 0.5) is 10.1 Å². The maximum absolute atomic E-state index is 14.2. The molecule has 1 heterocycles. The Morgan fingerprint density at radius 3 is 2.55 bits per heavy atom. The first kappa shape index (κ1) is 23.8. The van der Waals surface area contributed by atoms with E-state index in [2.05, 4.69) is 15.6 Å². The minimum absolute atomic E-state index is 0. The Hall–Kier alpha value is -1.88.